The van der Waals surface area contributed by atoms with E-state index in [4.69, 9.17) is 4.74 Å². The molecule has 0 fully saturated rings. The van der Waals surface area contributed by atoms with Crippen LogP contribution in [0.15, 0.2) is 54.9 Å². The first-order valence-corrected chi connectivity index (χ1v) is 6.12. The summed E-state index contributed by atoms with van der Waals surface area (Å²) in [5.41, 5.74) is 1.44. The van der Waals surface area contributed by atoms with Gasteiger partial charge in [0.25, 0.3) is 0 Å². The maximum Gasteiger partial charge on any atom is 0.153 e. The van der Waals surface area contributed by atoms with Crippen LogP contribution in [0.25, 0.3) is 17.1 Å². The third-order valence-corrected chi connectivity index (χ3v) is 2.99. The molecular formula is C15H13N3O2. The Kier molecular flexibility index (Phi) is 3.09. The van der Waals surface area contributed by atoms with Gasteiger partial charge in [-0.15, -0.1) is 0 Å². The van der Waals surface area contributed by atoms with E-state index < -0.39 is 0 Å². The molecule has 0 aliphatic rings. The van der Waals surface area contributed by atoms with Crippen molar-refractivity contribution in [2.45, 2.75) is 0 Å². The lowest BCUT2D eigenvalue weighted by Gasteiger charge is -2.09. The topological polar surface area (TPSA) is 60.2 Å². The Morgan fingerprint density at radius 1 is 1.10 bits per heavy atom. The number of aromatic nitrogens is 3. The van der Waals surface area contributed by atoms with Crippen LogP contribution in [0.4, 0.5) is 0 Å². The van der Waals surface area contributed by atoms with Crippen molar-refractivity contribution in [1.29, 1.82) is 0 Å². The molecule has 2 aromatic heterocycles. The highest BCUT2D eigenvalue weighted by Gasteiger charge is 2.12. The highest BCUT2D eigenvalue weighted by molar-refractivity contribution is 5.69. The number of ether oxygens (including phenoxy) is 1. The van der Waals surface area contributed by atoms with Crippen molar-refractivity contribution in [3.05, 3.63) is 54.9 Å². The molecule has 3 rings (SSSR count). The fourth-order valence-electron chi connectivity index (χ4n) is 2.02. The molecule has 5 heteroatoms. The first-order chi connectivity index (χ1) is 9.79. The monoisotopic (exact) mass is 267 g/mol. The Balaban J connectivity index is 2.11. The summed E-state index contributed by atoms with van der Waals surface area (Å²) in [6, 6.07) is 12.6. The summed E-state index contributed by atoms with van der Waals surface area (Å²) in [5, 5.41) is 14.4. The number of hydrogen-bond donors (Lipinski definition) is 1. The number of rotatable bonds is 3. The zero-order valence-corrected chi connectivity index (χ0v) is 10.9. The first kappa shape index (κ1) is 12.2. The lowest BCUT2D eigenvalue weighted by Crippen LogP contribution is -2.01. The molecule has 0 radical (unpaired) electrons. The van der Waals surface area contributed by atoms with Gasteiger partial charge in [0, 0.05) is 17.8 Å². The molecular weight excluding hydrogens is 254 g/mol. The Morgan fingerprint density at radius 2 is 2.00 bits per heavy atom. The maximum absolute atomic E-state index is 10.1. The molecule has 1 aromatic carbocycles. The molecule has 0 atom stereocenters. The van der Waals surface area contributed by atoms with Gasteiger partial charge in [0.1, 0.15) is 11.5 Å². The van der Waals surface area contributed by atoms with E-state index in [2.05, 4.69) is 10.1 Å². The number of methoxy groups -OCH3 is 1. The quantitative estimate of drug-likeness (QED) is 0.792. The molecule has 5 nitrogen and oxygen atoms in total. The maximum atomic E-state index is 10.1. The van der Waals surface area contributed by atoms with Gasteiger partial charge in [-0.05, 0) is 30.3 Å². The second kappa shape index (κ2) is 5.05. The normalized spacial score (nSPS) is 10.4. The Morgan fingerprint density at radius 3 is 2.70 bits per heavy atom. The molecule has 0 spiro atoms. The van der Waals surface area contributed by atoms with Crippen molar-refractivity contribution in [1.82, 2.24) is 14.8 Å². The lowest BCUT2D eigenvalue weighted by molar-refractivity contribution is 0.408. The van der Waals surface area contributed by atoms with E-state index >= 15 is 0 Å². The smallest absolute Gasteiger partial charge is 0.153 e. The molecule has 0 saturated heterocycles. The minimum absolute atomic E-state index is 0.141. The van der Waals surface area contributed by atoms with Gasteiger partial charge >= 0.3 is 0 Å². The summed E-state index contributed by atoms with van der Waals surface area (Å²) < 4.78 is 6.77. The fraction of sp³-hybridized carbons (Fsp3) is 0.0667. The van der Waals surface area contributed by atoms with Gasteiger partial charge in [0.05, 0.1) is 19.0 Å². The summed E-state index contributed by atoms with van der Waals surface area (Å²) in [4.78, 5) is 4.26. The number of phenols is 1. The average Bonchev–Trinajstić information content (AvgIpc) is 2.97. The van der Waals surface area contributed by atoms with Crippen LogP contribution >= 0.6 is 0 Å². The number of nitrogens with zero attached hydrogens (tertiary/aromatic N) is 3. The fourth-order valence-corrected chi connectivity index (χ4v) is 2.02. The molecule has 2 heterocycles. The molecule has 3 aromatic rings. The van der Waals surface area contributed by atoms with Crippen LogP contribution in [0.1, 0.15) is 0 Å². The third-order valence-electron chi connectivity index (χ3n) is 2.99. The summed E-state index contributed by atoms with van der Waals surface area (Å²) in [5.74, 6) is 1.44. The average molecular weight is 267 g/mol. The van der Waals surface area contributed by atoms with Crippen LogP contribution < -0.4 is 4.74 Å². The number of benzene rings is 1. The predicted molar refractivity (Wildman–Crippen MR) is 75.0 cm³/mol. The van der Waals surface area contributed by atoms with Crippen molar-refractivity contribution in [2.75, 3.05) is 7.11 Å². The van der Waals surface area contributed by atoms with Crippen molar-refractivity contribution in [2.24, 2.45) is 0 Å². The molecule has 20 heavy (non-hydrogen) atoms. The zero-order chi connectivity index (χ0) is 13.9. The largest absolute Gasteiger partial charge is 0.507 e. The number of aromatic hydroxyl groups is 1. The highest BCUT2D eigenvalue weighted by atomic mass is 16.5. The summed E-state index contributed by atoms with van der Waals surface area (Å²) in [7, 11) is 1.56. The molecule has 0 unspecified atom stereocenters. The second-order valence-corrected chi connectivity index (χ2v) is 4.20. The molecule has 100 valence electrons. The number of phenolic OH excluding ortho intramolecular Hbond substituents is 1. The van der Waals surface area contributed by atoms with Crippen molar-refractivity contribution in [3.8, 4) is 28.6 Å². The van der Waals surface area contributed by atoms with Crippen LogP contribution in [0.3, 0.4) is 0 Å². The molecule has 1 N–H and O–H groups in total. The van der Waals surface area contributed by atoms with Crippen LogP contribution in [-0.2, 0) is 0 Å². The zero-order valence-electron chi connectivity index (χ0n) is 10.9. The van der Waals surface area contributed by atoms with Crippen molar-refractivity contribution >= 4 is 0 Å². The van der Waals surface area contributed by atoms with E-state index in [0.717, 1.165) is 5.69 Å². The van der Waals surface area contributed by atoms with E-state index in [-0.39, 0.29) is 5.75 Å². The van der Waals surface area contributed by atoms with Gasteiger partial charge in [-0.2, -0.15) is 5.10 Å². The van der Waals surface area contributed by atoms with Crippen LogP contribution in [0.2, 0.25) is 0 Å². The summed E-state index contributed by atoms with van der Waals surface area (Å²) >= 11 is 0. The lowest BCUT2D eigenvalue weighted by atomic mass is 10.1. The highest BCUT2D eigenvalue weighted by Crippen LogP contribution is 2.32. The van der Waals surface area contributed by atoms with Gasteiger partial charge < -0.3 is 9.84 Å². The molecule has 0 amide bonds. The standard InChI is InChI=1S/C15H13N3O2/c1-20-11-5-6-12(14(19)10-11)13-7-9-17-18(13)15-4-2-3-8-16-15/h2-10,19H,1H3. The molecule has 0 aliphatic carbocycles. The van der Waals surface area contributed by atoms with E-state index in [1.165, 1.54) is 0 Å². The van der Waals surface area contributed by atoms with Gasteiger partial charge in [-0.3, -0.25) is 0 Å². The molecule has 0 saturated carbocycles. The SMILES string of the molecule is COc1ccc(-c2ccnn2-c2ccccn2)c(O)c1. The number of pyridine rings is 1. The predicted octanol–water partition coefficient (Wildman–Crippen LogP) is 2.65. The minimum atomic E-state index is 0.141. The first-order valence-electron chi connectivity index (χ1n) is 6.12. The molecule has 0 bridgehead atoms. The van der Waals surface area contributed by atoms with Crippen LogP contribution in [0.5, 0.6) is 11.5 Å². The van der Waals surface area contributed by atoms with E-state index in [1.807, 2.05) is 24.3 Å². The van der Waals surface area contributed by atoms with Gasteiger partial charge in [0.15, 0.2) is 5.82 Å². The van der Waals surface area contributed by atoms with E-state index in [9.17, 15) is 5.11 Å². The van der Waals surface area contributed by atoms with Crippen molar-refractivity contribution in [3.63, 3.8) is 0 Å². The Bertz CT molecular complexity index is 723. The molecule has 0 aliphatic heterocycles. The van der Waals surface area contributed by atoms with Gasteiger partial charge in [0.2, 0.25) is 0 Å². The van der Waals surface area contributed by atoms with Crippen molar-refractivity contribution < 1.29 is 9.84 Å². The van der Waals surface area contributed by atoms with E-state index in [1.54, 1.807) is 42.4 Å². The third kappa shape index (κ3) is 2.09. The number of hydrogen-bond acceptors (Lipinski definition) is 4. The van der Waals surface area contributed by atoms with Crippen LogP contribution in [0, 0.1) is 0 Å². The second-order valence-electron chi connectivity index (χ2n) is 4.20. The van der Waals surface area contributed by atoms with E-state index in [0.29, 0.717) is 17.1 Å². The van der Waals surface area contributed by atoms with Gasteiger partial charge in [-0.1, -0.05) is 6.07 Å². The van der Waals surface area contributed by atoms with Crippen LogP contribution in [-0.4, -0.2) is 27.0 Å². The summed E-state index contributed by atoms with van der Waals surface area (Å²) in [6.07, 6.45) is 3.38. The van der Waals surface area contributed by atoms with Gasteiger partial charge in [-0.25, -0.2) is 9.67 Å². The minimum Gasteiger partial charge on any atom is -0.507 e. The summed E-state index contributed by atoms with van der Waals surface area (Å²) in [6.45, 7) is 0. The Hall–Kier alpha value is -2.82. The Labute approximate surface area is 116 Å².